The molecule has 7 atom stereocenters. The second-order valence-electron chi connectivity index (χ2n) is 10.2. The van der Waals surface area contributed by atoms with Gasteiger partial charge in [-0.05, 0) is 48.9 Å². The molecule has 0 radical (unpaired) electrons. The van der Waals surface area contributed by atoms with E-state index in [-0.39, 0.29) is 46.9 Å². The van der Waals surface area contributed by atoms with E-state index in [1.165, 1.54) is 18.7 Å². The summed E-state index contributed by atoms with van der Waals surface area (Å²) in [7, 11) is 0. The molecule has 0 bridgehead atoms. The van der Waals surface area contributed by atoms with Crippen LogP contribution < -0.4 is 5.32 Å². The van der Waals surface area contributed by atoms with Gasteiger partial charge in [0.05, 0.1) is 24.9 Å². The third-order valence-corrected chi connectivity index (χ3v) is 8.38. The van der Waals surface area contributed by atoms with Gasteiger partial charge in [0.2, 0.25) is 5.91 Å². The Morgan fingerprint density at radius 3 is 2.56 bits per heavy atom. The normalized spacial score (nSPS) is 36.1. The first-order chi connectivity index (χ1) is 15.3. The summed E-state index contributed by atoms with van der Waals surface area (Å²) >= 11 is 0. The fourth-order valence-electron chi connectivity index (χ4n) is 6.42. The second kappa shape index (κ2) is 9.43. The van der Waals surface area contributed by atoms with Crippen molar-refractivity contribution in [3.05, 3.63) is 24.3 Å². The Hall–Kier alpha value is -2.06. The lowest BCUT2D eigenvalue weighted by Gasteiger charge is -2.56. The monoisotopic (exact) mass is 444 g/mol. The van der Waals surface area contributed by atoms with Crippen LogP contribution in [0.4, 0.5) is 0 Å². The summed E-state index contributed by atoms with van der Waals surface area (Å²) in [6.45, 7) is 8.78. The second-order valence-corrected chi connectivity index (χ2v) is 10.2. The van der Waals surface area contributed by atoms with E-state index in [1.54, 1.807) is 0 Å². The van der Waals surface area contributed by atoms with Crippen molar-refractivity contribution < 1.29 is 19.4 Å². The molecule has 1 aliphatic heterocycles. The number of hydrogen-bond acceptors (Lipinski definition) is 6. The molecule has 2 heterocycles. The Labute approximate surface area is 190 Å². The summed E-state index contributed by atoms with van der Waals surface area (Å²) in [5.41, 5.74) is 0.466. The van der Waals surface area contributed by atoms with Crippen LogP contribution in [0, 0.1) is 29.1 Å². The topological polar surface area (TPSA) is 105 Å². The van der Waals surface area contributed by atoms with Gasteiger partial charge >= 0.3 is 0 Å². The van der Waals surface area contributed by atoms with E-state index in [4.69, 9.17) is 4.74 Å². The minimum Gasteiger partial charge on any atom is -0.392 e. The number of ether oxygens (including phenoxy) is 1. The fourth-order valence-corrected chi connectivity index (χ4v) is 6.42. The Kier molecular flexibility index (Phi) is 6.81. The molecule has 4 rings (SSSR count). The molecule has 1 aromatic heterocycles. The van der Waals surface area contributed by atoms with Crippen molar-refractivity contribution in [2.24, 2.45) is 29.1 Å². The van der Waals surface area contributed by atoms with Crippen LogP contribution >= 0.6 is 0 Å². The number of aliphatic hydroxyl groups excluding tert-OH is 1. The number of aliphatic hydroxyl groups is 1. The van der Waals surface area contributed by atoms with Gasteiger partial charge < -0.3 is 20.1 Å². The van der Waals surface area contributed by atoms with Crippen LogP contribution in [-0.4, -0.2) is 70.2 Å². The molecular weight excluding hydrogens is 408 g/mol. The maximum atomic E-state index is 13.1. The standard InChI is InChI=1S/C24H36N4O4/c1-15(23(31)28-8-10-32-11-9-28)18-4-6-24(3)7-5-19(16(2)20(24)21(18)29)27-22(30)17-12-25-14-26-13-17/h12-16,18-21,29H,4-11H2,1-3H3,(H,27,30). The molecule has 7 unspecified atom stereocenters. The van der Waals surface area contributed by atoms with E-state index in [2.05, 4.69) is 29.1 Å². The Morgan fingerprint density at radius 2 is 1.88 bits per heavy atom. The number of morpholine rings is 1. The van der Waals surface area contributed by atoms with Crippen molar-refractivity contribution in [1.82, 2.24) is 20.2 Å². The van der Waals surface area contributed by atoms with E-state index in [0.29, 0.717) is 31.9 Å². The SMILES string of the molecule is CC(C(=O)N1CCOCC1)C1CCC2(C)CCC(NC(=O)c3cncnc3)C(C)C2C1O. The highest BCUT2D eigenvalue weighted by atomic mass is 16.5. The minimum absolute atomic E-state index is 0.0220. The number of nitrogens with zero attached hydrogens (tertiary/aromatic N) is 3. The number of carbonyl (C=O) groups excluding carboxylic acids is 2. The number of rotatable bonds is 4. The van der Waals surface area contributed by atoms with Crippen LogP contribution in [0.1, 0.15) is 56.8 Å². The van der Waals surface area contributed by atoms with Crippen LogP contribution in [0.2, 0.25) is 0 Å². The average molecular weight is 445 g/mol. The Morgan fingerprint density at radius 1 is 1.22 bits per heavy atom. The molecule has 0 spiro atoms. The fraction of sp³-hybridized carbons (Fsp3) is 0.750. The number of nitrogens with one attached hydrogen (secondary N) is 1. The van der Waals surface area contributed by atoms with E-state index in [9.17, 15) is 14.7 Å². The minimum atomic E-state index is -0.566. The molecular formula is C24H36N4O4. The molecule has 1 aromatic rings. The van der Waals surface area contributed by atoms with Crippen molar-refractivity contribution in [1.29, 1.82) is 0 Å². The Balaban J connectivity index is 1.47. The largest absolute Gasteiger partial charge is 0.392 e. The van der Waals surface area contributed by atoms with Gasteiger partial charge in [-0.25, -0.2) is 9.97 Å². The summed E-state index contributed by atoms with van der Waals surface area (Å²) in [4.78, 5) is 35.6. The zero-order valence-electron chi connectivity index (χ0n) is 19.4. The third kappa shape index (κ3) is 4.39. The van der Waals surface area contributed by atoms with Gasteiger partial charge in [0.1, 0.15) is 6.33 Å². The van der Waals surface area contributed by atoms with Crippen molar-refractivity contribution >= 4 is 11.8 Å². The van der Waals surface area contributed by atoms with Gasteiger partial charge in [0.25, 0.3) is 5.91 Å². The van der Waals surface area contributed by atoms with Crippen LogP contribution in [0.15, 0.2) is 18.7 Å². The van der Waals surface area contributed by atoms with E-state index >= 15 is 0 Å². The number of carbonyl (C=O) groups is 2. The van der Waals surface area contributed by atoms with Gasteiger partial charge in [-0.3, -0.25) is 9.59 Å². The average Bonchev–Trinajstić information content (AvgIpc) is 2.81. The predicted molar refractivity (Wildman–Crippen MR) is 119 cm³/mol. The van der Waals surface area contributed by atoms with Gasteiger partial charge in [0, 0.05) is 37.4 Å². The number of hydrogen-bond donors (Lipinski definition) is 2. The summed E-state index contributed by atoms with van der Waals surface area (Å²) in [5.74, 6) is -0.209. The van der Waals surface area contributed by atoms with Crippen molar-refractivity contribution in [2.75, 3.05) is 26.3 Å². The summed E-state index contributed by atoms with van der Waals surface area (Å²) in [6.07, 6.45) is 7.57. The first-order valence-electron chi connectivity index (χ1n) is 11.9. The molecule has 2 amide bonds. The van der Waals surface area contributed by atoms with E-state index in [0.717, 1.165) is 25.7 Å². The van der Waals surface area contributed by atoms with Gasteiger partial charge in [-0.1, -0.05) is 20.8 Å². The highest BCUT2D eigenvalue weighted by Gasteiger charge is 2.54. The summed E-state index contributed by atoms with van der Waals surface area (Å²) < 4.78 is 5.38. The molecule has 8 heteroatoms. The van der Waals surface area contributed by atoms with Crippen LogP contribution in [0.5, 0.6) is 0 Å². The number of aromatic nitrogens is 2. The zero-order chi connectivity index (χ0) is 22.9. The summed E-state index contributed by atoms with van der Waals surface area (Å²) in [5, 5.41) is 14.7. The summed E-state index contributed by atoms with van der Waals surface area (Å²) in [6, 6.07) is -0.0283. The molecule has 3 aliphatic rings. The lowest BCUT2D eigenvalue weighted by Crippen LogP contribution is -2.59. The van der Waals surface area contributed by atoms with E-state index in [1.807, 2.05) is 11.8 Å². The highest BCUT2D eigenvalue weighted by molar-refractivity contribution is 5.93. The maximum absolute atomic E-state index is 13.1. The molecule has 2 saturated carbocycles. The molecule has 2 N–H and O–H groups in total. The van der Waals surface area contributed by atoms with E-state index < -0.39 is 6.10 Å². The molecule has 1 saturated heterocycles. The van der Waals surface area contributed by atoms with Crippen molar-refractivity contribution in [2.45, 2.75) is 58.6 Å². The van der Waals surface area contributed by atoms with Crippen LogP contribution in [0.3, 0.4) is 0 Å². The highest BCUT2D eigenvalue weighted by Crippen LogP contribution is 2.55. The first-order valence-corrected chi connectivity index (χ1v) is 11.9. The molecule has 32 heavy (non-hydrogen) atoms. The quantitative estimate of drug-likeness (QED) is 0.735. The molecule has 3 fully saturated rings. The molecule has 2 aliphatic carbocycles. The van der Waals surface area contributed by atoms with Crippen LogP contribution in [0.25, 0.3) is 0 Å². The molecule has 0 aromatic carbocycles. The van der Waals surface area contributed by atoms with Gasteiger partial charge in [0.15, 0.2) is 0 Å². The third-order valence-electron chi connectivity index (χ3n) is 8.38. The first kappa shape index (κ1) is 23.1. The van der Waals surface area contributed by atoms with Gasteiger partial charge in [-0.2, -0.15) is 0 Å². The number of amides is 2. The predicted octanol–water partition coefficient (Wildman–Crippen LogP) is 1.89. The smallest absolute Gasteiger partial charge is 0.254 e. The maximum Gasteiger partial charge on any atom is 0.254 e. The molecule has 8 nitrogen and oxygen atoms in total. The zero-order valence-corrected chi connectivity index (χ0v) is 19.4. The number of fused-ring (bicyclic) bond motifs is 1. The lowest BCUT2D eigenvalue weighted by atomic mass is 9.51. The van der Waals surface area contributed by atoms with Crippen LogP contribution in [-0.2, 0) is 9.53 Å². The van der Waals surface area contributed by atoms with Crippen molar-refractivity contribution in [3.8, 4) is 0 Å². The van der Waals surface area contributed by atoms with Crippen molar-refractivity contribution in [3.63, 3.8) is 0 Å². The Bertz CT molecular complexity index is 815. The lowest BCUT2D eigenvalue weighted by molar-refractivity contribution is -0.153. The van der Waals surface area contributed by atoms with Gasteiger partial charge in [-0.15, -0.1) is 0 Å². The molecule has 176 valence electrons.